The SMILES string of the molecule is O=C(C=Cc1ccco1)NN=Cc1csc([N+](=O)[O-])c1. The number of nitrogens with zero attached hydrogens (tertiary/aromatic N) is 2. The topological polar surface area (TPSA) is 97.7 Å². The summed E-state index contributed by atoms with van der Waals surface area (Å²) < 4.78 is 5.02. The molecule has 0 saturated heterocycles. The lowest BCUT2D eigenvalue weighted by molar-refractivity contribution is -0.380. The molecule has 0 radical (unpaired) electrons. The molecule has 0 bridgehead atoms. The molecule has 0 aliphatic rings. The summed E-state index contributed by atoms with van der Waals surface area (Å²) in [4.78, 5) is 21.4. The molecular weight excluding hydrogens is 282 g/mol. The Morgan fingerprint density at radius 3 is 3.05 bits per heavy atom. The lowest BCUT2D eigenvalue weighted by Gasteiger charge is -1.91. The fourth-order valence-corrected chi connectivity index (χ4v) is 1.93. The van der Waals surface area contributed by atoms with Gasteiger partial charge in [0.2, 0.25) is 0 Å². The second-order valence-corrected chi connectivity index (χ2v) is 4.45. The molecule has 0 aliphatic carbocycles. The molecule has 0 aromatic carbocycles. The lowest BCUT2D eigenvalue weighted by atomic mass is 10.4. The van der Waals surface area contributed by atoms with Gasteiger partial charge in [-0.05, 0) is 18.2 Å². The van der Waals surface area contributed by atoms with Crippen molar-refractivity contribution >= 4 is 34.5 Å². The average Bonchev–Trinajstić information content (AvgIpc) is 3.07. The molecule has 0 saturated carbocycles. The third-order valence-electron chi connectivity index (χ3n) is 2.12. The van der Waals surface area contributed by atoms with E-state index in [1.165, 1.54) is 30.7 Å². The molecule has 1 amide bonds. The standard InChI is InChI=1S/C12H9N3O4S/c16-11(4-3-10-2-1-5-19-10)14-13-7-9-6-12(15(17)18)20-8-9/h1-8H,(H,14,16). The quantitative estimate of drug-likeness (QED) is 0.396. The Balaban J connectivity index is 1.86. The van der Waals surface area contributed by atoms with Gasteiger partial charge in [0.05, 0.1) is 17.4 Å². The van der Waals surface area contributed by atoms with Crippen molar-refractivity contribution in [2.24, 2.45) is 5.10 Å². The van der Waals surface area contributed by atoms with Crippen molar-refractivity contribution in [2.45, 2.75) is 0 Å². The number of hydrogen-bond donors (Lipinski definition) is 1. The first kappa shape index (κ1) is 13.7. The van der Waals surface area contributed by atoms with Crippen LogP contribution < -0.4 is 5.43 Å². The van der Waals surface area contributed by atoms with Gasteiger partial charge in [0, 0.05) is 23.1 Å². The molecule has 7 nitrogen and oxygen atoms in total. The summed E-state index contributed by atoms with van der Waals surface area (Å²) >= 11 is 0.996. The van der Waals surface area contributed by atoms with Crippen molar-refractivity contribution in [3.63, 3.8) is 0 Å². The second-order valence-electron chi connectivity index (χ2n) is 3.56. The Morgan fingerprint density at radius 1 is 1.55 bits per heavy atom. The van der Waals surface area contributed by atoms with Gasteiger partial charge >= 0.3 is 5.00 Å². The normalized spacial score (nSPS) is 11.2. The van der Waals surface area contributed by atoms with Crippen molar-refractivity contribution in [1.29, 1.82) is 0 Å². The minimum Gasteiger partial charge on any atom is -0.465 e. The first-order chi connectivity index (χ1) is 9.65. The summed E-state index contributed by atoms with van der Waals surface area (Å²) in [5.41, 5.74) is 2.82. The van der Waals surface area contributed by atoms with E-state index in [1.807, 2.05) is 0 Å². The maximum absolute atomic E-state index is 11.4. The van der Waals surface area contributed by atoms with Crippen LogP contribution >= 0.6 is 11.3 Å². The van der Waals surface area contributed by atoms with Gasteiger partial charge in [0.15, 0.2) is 0 Å². The number of hydrazone groups is 1. The third kappa shape index (κ3) is 3.89. The molecule has 0 atom stereocenters. The number of hydrogen-bond acceptors (Lipinski definition) is 6. The van der Waals surface area contributed by atoms with E-state index in [0.717, 1.165) is 11.3 Å². The summed E-state index contributed by atoms with van der Waals surface area (Å²) in [5.74, 6) is 0.125. The van der Waals surface area contributed by atoms with Gasteiger partial charge in [0.25, 0.3) is 5.91 Å². The number of nitrogens with one attached hydrogen (secondary N) is 1. The fraction of sp³-hybridized carbons (Fsp3) is 0. The van der Waals surface area contributed by atoms with E-state index in [-0.39, 0.29) is 5.00 Å². The second kappa shape index (κ2) is 6.43. The molecule has 2 heterocycles. The zero-order chi connectivity index (χ0) is 14.4. The van der Waals surface area contributed by atoms with E-state index in [4.69, 9.17) is 4.42 Å². The van der Waals surface area contributed by atoms with Crippen LogP contribution in [0.3, 0.4) is 0 Å². The largest absolute Gasteiger partial charge is 0.465 e. The van der Waals surface area contributed by atoms with Crippen molar-refractivity contribution in [3.05, 3.63) is 57.4 Å². The lowest BCUT2D eigenvalue weighted by Crippen LogP contribution is -2.13. The molecule has 0 unspecified atom stereocenters. The van der Waals surface area contributed by atoms with E-state index < -0.39 is 10.8 Å². The molecule has 2 rings (SSSR count). The molecular formula is C12H9N3O4S. The highest BCUT2D eigenvalue weighted by Crippen LogP contribution is 2.21. The minimum absolute atomic E-state index is 0.0236. The molecule has 0 fully saturated rings. The van der Waals surface area contributed by atoms with Crippen LogP contribution in [-0.2, 0) is 4.79 Å². The van der Waals surface area contributed by atoms with Crippen LogP contribution in [0.25, 0.3) is 6.08 Å². The number of thiophene rings is 1. The minimum atomic E-state index is -0.479. The summed E-state index contributed by atoms with van der Waals surface area (Å²) in [6.45, 7) is 0. The number of nitro groups is 1. The first-order valence-corrected chi connectivity index (χ1v) is 6.30. The van der Waals surface area contributed by atoms with E-state index in [9.17, 15) is 14.9 Å². The van der Waals surface area contributed by atoms with Gasteiger partial charge in [-0.1, -0.05) is 11.3 Å². The highest BCUT2D eigenvalue weighted by atomic mass is 32.1. The molecule has 2 aromatic heterocycles. The molecule has 20 heavy (non-hydrogen) atoms. The molecule has 2 aromatic rings. The Morgan fingerprint density at radius 2 is 2.40 bits per heavy atom. The van der Waals surface area contributed by atoms with E-state index >= 15 is 0 Å². The van der Waals surface area contributed by atoms with Crippen molar-refractivity contribution < 1.29 is 14.1 Å². The molecule has 8 heteroatoms. The van der Waals surface area contributed by atoms with Gasteiger partial charge < -0.3 is 4.42 Å². The van der Waals surface area contributed by atoms with E-state index in [0.29, 0.717) is 11.3 Å². The van der Waals surface area contributed by atoms with Gasteiger partial charge in [-0.15, -0.1) is 0 Å². The van der Waals surface area contributed by atoms with Crippen molar-refractivity contribution in [1.82, 2.24) is 5.43 Å². The fourth-order valence-electron chi connectivity index (χ4n) is 1.25. The number of rotatable bonds is 5. The van der Waals surface area contributed by atoms with Crippen LogP contribution in [0.15, 0.2) is 45.4 Å². The molecule has 0 aliphatic heterocycles. The predicted molar refractivity (Wildman–Crippen MR) is 74.5 cm³/mol. The first-order valence-electron chi connectivity index (χ1n) is 5.43. The van der Waals surface area contributed by atoms with Crippen LogP contribution in [0.5, 0.6) is 0 Å². The van der Waals surface area contributed by atoms with Crippen molar-refractivity contribution in [2.75, 3.05) is 0 Å². The Hall–Kier alpha value is -2.74. The highest BCUT2D eigenvalue weighted by Gasteiger charge is 2.07. The van der Waals surface area contributed by atoms with Crippen LogP contribution in [0.1, 0.15) is 11.3 Å². The molecule has 1 N–H and O–H groups in total. The molecule has 0 spiro atoms. The van der Waals surface area contributed by atoms with E-state index in [2.05, 4.69) is 10.5 Å². The zero-order valence-electron chi connectivity index (χ0n) is 10.1. The Bertz CT molecular complexity index is 658. The third-order valence-corrected chi connectivity index (χ3v) is 3.01. The zero-order valence-corrected chi connectivity index (χ0v) is 10.9. The Kier molecular flexibility index (Phi) is 4.40. The van der Waals surface area contributed by atoms with Crippen LogP contribution in [0.2, 0.25) is 0 Å². The summed E-state index contributed by atoms with van der Waals surface area (Å²) in [6.07, 6.45) is 5.61. The highest BCUT2D eigenvalue weighted by molar-refractivity contribution is 7.13. The smallest absolute Gasteiger partial charge is 0.324 e. The van der Waals surface area contributed by atoms with Gasteiger partial charge in [-0.25, -0.2) is 5.43 Å². The predicted octanol–water partition coefficient (Wildman–Crippen LogP) is 2.41. The number of furan rings is 1. The summed E-state index contributed by atoms with van der Waals surface area (Å²) in [7, 11) is 0. The van der Waals surface area contributed by atoms with Gasteiger partial charge in [-0.3, -0.25) is 14.9 Å². The monoisotopic (exact) mass is 291 g/mol. The summed E-state index contributed by atoms with van der Waals surface area (Å²) in [5, 5.41) is 15.8. The maximum atomic E-state index is 11.4. The number of amides is 1. The Labute approximate surface area is 117 Å². The summed E-state index contributed by atoms with van der Waals surface area (Å²) in [6, 6.07) is 4.79. The number of carbonyl (C=O) groups is 1. The van der Waals surface area contributed by atoms with Crippen LogP contribution in [0, 0.1) is 10.1 Å². The van der Waals surface area contributed by atoms with E-state index in [1.54, 1.807) is 17.5 Å². The number of carbonyl (C=O) groups excluding carboxylic acids is 1. The van der Waals surface area contributed by atoms with Crippen molar-refractivity contribution in [3.8, 4) is 0 Å². The van der Waals surface area contributed by atoms with Crippen LogP contribution in [-0.4, -0.2) is 17.0 Å². The maximum Gasteiger partial charge on any atom is 0.324 e. The van der Waals surface area contributed by atoms with Gasteiger partial charge in [0.1, 0.15) is 5.76 Å². The van der Waals surface area contributed by atoms with Gasteiger partial charge in [-0.2, -0.15) is 5.10 Å². The average molecular weight is 291 g/mol. The van der Waals surface area contributed by atoms with Crippen LogP contribution in [0.4, 0.5) is 5.00 Å². The molecule has 102 valence electrons.